The smallest absolute Gasteiger partial charge is 0.0717 e. The van der Waals surface area contributed by atoms with Crippen LogP contribution in [0.2, 0.25) is 0 Å². The predicted octanol–water partition coefficient (Wildman–Crippen LogP) is 6.58. The van der Waals surface area contributed by atoms with Gasteiger partial charge in [-0.2, -0.15) is 0 Å². The second kappa shape index (κ2) is 13.5. The molecule has 4 rings (SSSR count). The van der Waals surface area contributed by atoms with Crippen LogP contribution >= 0.6 is 0 Å². The lowest BCUT2D eigenvalue weighted by Gasteiger charge is -2.19. The number of hydrogen-bond acceptors (Lipinski definition) is 3. The van der Waals surface area contributed by atoms with E-state index in [0.29, 0.717) is 31.0 Å². The van der Waals surface area contributed by atoms with Crippen molar-refractivity contribution in [2.24, 2.45) is 23.7 Å². The average Bonchev–Trinajstić information content (AvgIpc) is 3.37. The molecular formula is C30H40O3. The summed E-state index contributed by atoms with van der Waals surface area (Å²) in [7, 11) is 0. The molecule has 0 radical (unpaired) electrons. The van der Waals surface area contributed by atoms with E-state index in [1.807, 2.05) is 24.3 Å². The first-order valence-corrected chi connectivity index (χ1v) is 12.3. The molecule has 0 aliphatic heterocycles. The third-order valence-electron chi connectivity index (χ3n) is 7.00. The van der Waals surface area contributed by atoms with Crippen LogP contribution in [0.5, 0.6) is 0 Å². The van der Waals surface area contributed by atoms with Gasteiger partial charge in [0.15, 0.2) is 0 Å². The Morgan fingerprint density at radius 3 is 1.70 bits per heavy atom. The minimum atomic E-state index is 0.170. The van der Waals surface area contributed by atoms with Crippen LogP contribution in [0.15, 0.2) is 84.0 Å². The molecule has 0 unspecified atom stereocenters. The molecule has 3 heteroatoms. The highest BCUT2D eigenvalue weighted by Crippen LogP contribution is 2.32. The van der Waals surface area contributed by atoms with Crippen molar-refractivity contribution in [1.29, 1.82) is 0 Å². The van der Waals surface area contributed by atoms with Crippen molar-refractivity contribution >= 4 is 0 Å². The van der Waals surface area contributed by atoms with E-state index in [1.54, 1.807) is 0 Å². The van der Waals surface area contributed by atoms with Crippen molar-refractivity contribution in [2.45, 2.75) is 46.8 Å². The second-order valence-electron chi connectivity index (χ2n) is 9.53. The van der Waals surface area contributed by atoms with E-state index in [9.17, 15) is 5.11 Å². The van der Waals surface area contributed by atoms with Crippen LogP contribution in [0.1, 0.15) is 44.7 Å². The molecule has 2 aliphatic carbocycles. The molecule has 3 nitrogen and oxygen atoms in total. The molecule has 4 atom stereocenters. The minimum Gasteiger partial charge on any atom is -0.392 e. The molecule has 0 heterocycles. The number of benzene rings is 2. The van der Waals surface area contributed by atoms with E-state index in [1.165, 1.54) is 23.1 Å². The van der Waals surface area contributed by atoms with E-state index >= 15 is 0 Å². The summed E-state index contributed by atoms with van der Waals surface area (Å²) in [6.07, 6.45) is 6.78. The minimum absolute atomic E-state index is 0.170. The highest BCUT2D eigenvalue weighted by atomic mass is 16.5. The zero-order valence-corrected chi connectivity index (χ0v) is 20.5. The number of allylic oxidation sites excluding steroid dienone is 2. The number of aliphatic hydroxyl groups excluding tert-OH is 1. The van der Waals surface area contributed by atoms with Crippen LogP contribution < -0.4 is 0 Å². The molecule has 0 spiro atoms. The van der Waals surface area contributed by atoms with Gasteiger partial charge in [-0.3, -0.25) is 0 Å². The van der Waals surface area contributed by atoms with Gasteiger partial charge in [0.2, 0.25) is 0 Å². The van der Waals surface area contributed by atoms with Crippen molar-refractivity contribution in [3.8, 4) is 0 Å². The van der Waals surface area contributed by atoms with Crippen molar-refractivity contribution in [1.82, 2.24) is 0 Å². The standard InChI is InChI=1S/C15H20O2.C15H20O/c1-12-7-8-14(9-16)15(12)11-17-10-13-5-3-2-4-6-13;1-12-8-9-13(2)15(12)11-16-10-14-6-4-3-5-7-14/h2-6,8,12,15-16H,7,9-11H2,1H3;3-8,13,15H,9-11H2,1-2H3/t12-,15+;13-,15-/m00/s1. The number of aliphatic hydroxyl groups is 1. The summed E-state index contributed by atoms with van der Waals surface area (Å²) in [5.41, 5.74) is 5.11. The Morgan fingerprint density at radius 2 is 1.21 bits per heavy atom. The molecule has 1 N–H and O–H groups in total. The lowest BCUT2D eigenvalue weighted by molar-refractivity contribution is 0.0815. The van der Waals surface area contributed by atoms with Gasteiger partial charge in [0.1, 0.15) is 0 Å². The van der Waals surface area contributed by atoms with Crippen LogP contribution in [0.25, 0.3) is 0 Å². The third-order valence-corrected chi connectivity index (χ3v) is 7.00. The molecule has 0 saturated heterocycles. The maximum absolute atomic E-state index is 9.25. The predicted molar refractivity (Wildman–Crippen MR) is 136 cm³/mol. The van der Waals surface area contributed by atoms with Gasteiger partial charge < -0.3 is 14.6 Å². The summed E-state index contributed by atoms with van der Waals surface area (Å²) in [5.74, 6) is 2.36. The van der Waals surface area contributed by atoms with Crippen molar-refractivity contribution in [3.05, 3.63) is 95.1 Å². The summed E-state index contributed by atoms with van der Waals surface area (Å²) < 4.78 is 11.6. The fraction of sp³-hybridized carbons (Fsp3) is 0.467. The van der Waals surface area contributed by atoms with Gasteiger partial charge in [-0.25, -0.2) is 0 Å². The van der Waals surface area contributed by atoms with E-state index in [-0.39, 0.29) is 6.61 Å². The molecule has 178 valence electrons. The largest absolute Gasteiger partial charge is 0.392 e. The first kappa shape index (κ1) is 25.4. The fourth-order valence-corrected chi connectivity index (χ4v) is 4.66. The summed E-state index contributed by atoms with van der Waals surface area (Å²) in [6.45, 7) is 9.88. The molecular weight excluding hydrogens is 408 g/mol. The Bertz CT molecular complexity index is 872. The topological polar surface area (TPSA) is 38.7 Å². The average molecular weight is 449 g/mol. The van der Waals surface area contributed by atoms with E-state index in [0.717, 1.165) is 31.1 Å². The third kappa shape index (κ3) is 7.96. The highest BCUT2D eigenvalue weighted by Gasteiger charge is 2.26. The van der Waals surface area contributed by atoms with Gasteiger partial charge >= 0.3 is 0 Å². The van der Waals surface area contributed by atoms with Gasteiger partial charge in [0.05, 0.1) is 33.0 Å². The normalized spacial score (nSPS) is 24.1. The van der Waals surface area contributed by atoms with E-state index < -0.39 is 0 Å². The van der Waals surface area contributed by atoms with Crippen molar-refractivity contribution in [3.63, 3.8) is 0 Å². The quantitative estimate of drug-likeness (QED) is 0.440. The van der Waals surface area contributed by atoms with Crippen LogP contribution in [-0.2, 0) is 22.7 Å². The van der Waals surface area contributed by atoms with Gasteiger partial charge in [-0.05, 0) is 48.3 Å². The highest BCUT2D eigenvalue weighted by molar-refractivity contribution is 5.16. The van der Waals surface area contributed by atoms with Crippen LogP contribution in [0, 0.1) is 23.7 Å². The van der Waals surface area contributed by atoms with Crippen molar-refractivity contribution in [2.75, 3.05) is 19.8 Å². The zero-order valence-electron chi connectivity index (χ0n) is 20.5. The molecule has 2 aromatic rings. The molecule has 33 heavy (non-hydrogen) atoms. The van der Waals surface area contributed by atoms with Crippen LogP contribution in [0.4, 0.5) is 0 Å². The molecule has 2 aliphatic rings. The monoisotopic (exact) mass is 448 g/mol. The van der Waals surface area contributed by atoms with Crippen molar-refractivity contribution < 1.29 is 14.6 Å². The number of rotatable bonds is 9. The van der Waals surface area contributed by atoms with Crippen LogP contribution in [0.3, 0.4) is 0 Å². The van der Waals surface area contributed by atoms with Gasteiger partial charge in [-0.1, -0.05) is 92.2 Å². The summed E-state index contributed by atoms with van der Waals surface area (Å²) in [5, 5.41) is 9.25. The molecule has 0 aromatic heterocycles. The number of hydrogen-bond donors (Lipinski definition) is 1. The lowest BCUT2D eigenvalue weighted by Crippen LogP contribution is -2.17. The van der Waals surface area contributed by atoms with E-state index in [2.05, 4.69) is 69.3 Å². The lowest BCUT2D eigenvalue weighted by atomic mass is 9.94. The first-order valence-electron chi connectivity index (χ1n) is 12.3. The Morgan fingerprint density at radius 1 is 0.727 bits per heavy atom. The van der Waals surface area contributed by atoms with Gasteiger partial charge in [0.25, 0.3) is 0 Å². The van der Waals surface area contributed by atoms with E-state index in [4.69, 9.17) is 9.47 Å². The zero-order chi connectivity index (χ0) is 23.5. The Balaban J connectivity index is 0.000000186. The molecule has 0 amide bonds. The fourth-order valence-electron chi connectivity index (χ4n) is 4.66. The summed E-state index contributed by atoms with van der Waals surface area (Å²) in [4.78, 5) is 0. The Kier molecular flexibility index (Phi) is 10.4. The van der Waals surface area contributed by atoms with Gasteiger partial charge in [-0.15, -0.1) is 0 Å². The summed E-state index contributed by atoms with van der Waals surface area (Å²) in [6, 6.07) is 20.6. The maximum atomic E-state index is 9.25. The molecule has 0 bridgehead atoms. The number of ether oxygens (including phenoxy) is 2. The van der Waals surface area contributed by atoms with Crippen LogP contribution in [-0.4, -0.2) is 24.9 Å². The maximum Gasteiger partial charge on any atom is 0.0717 e. The summed E-state index contributed by atoms with van der Waals surface area (Å²) >= 11 is 0. The van der Waals surface area contributed by atoms with Gasteiger partial charge in [0, 0.05) is 11.8 Å². The SMILES string of the molecule is CC1=CC[C@H](C)[C@H]1COCc1ccccc1.C[C@H]1CC=C(CO)[C@@H]1COCc1ccccc1. The second-order valence-corrected chi connectivity index (χ2v) is 9.53. The molecule has 0 saturated carbocycles. The Labute approximate surface area is 200 Å². The first-order chi connectivity index (χ1) is 16.1. The molecule has 0 fully saturated rings. The Hall–Kier alpha value is -2.20. The molecule has 2 aromatic carbocycles.